The van der Waals surface area contributed by atoms with Gasteiger partial charge >= 0.3 is 6.18 Å². The molecule has 0 unspecified atom stereocenters. The van der Waals surface area contributed by atoms with E-state index in [2.05, 4.69) is 15.5 Å². The second-order valence-electron chi connectivity index (χ2n) is 7.37. The van der Waals surface area contributed by atoms with Crippen molar-refractivity contribution in [2.75, 3.05) is 11.1 Å². The lowest BCUT2D eigenvalue weighted by Gasteiger charge is -2.12. The van der Waals surface area contributed by atoms with Gasteiger partial charge in [0.15, 0.2) is 11.0 Å². The Morgan fingerprint density at radius 2 is 1.91 bits per heavy atom. The van der Waals surface area contributed by atoms with Crippen LogP contribution < -0.4 is 5.32 Å². The van der Waals surface area contributed by atoms with Crippen molar-refractivity contribution < 1.29 is 22.4 Å². The second kappa shape index (κ2) is 9.94. The highest BCUT2D eigenvalue weighted by molar-refractivity contribution is 7.99. The van der Waals surface area contributed by atoms with Crippen LogP contribution in [0.1, 0.15) is 16.9 Å². The molecule has 0 aliphatic carbocycles. The van der Waals surface area contributed by atoms with Crippen molar-refractivity contribution >= 4 is 35.0 Å². The molecule has 2 aromatic heterocycles. The van der Waals surface area contributed by atoms with E-state index in [4.69, 9.17) is 16.0 Å². The average molecular weight is 507 g/mol. The van der Waals surface area contributed by atoms with Gasteiger partial charge in [0.2, 0.25) is 5.91 Å². The maximum atomic E-state index is 13.0. The minimum Gasteiger partial charge on any atom is -0.467 e. The number of halogens is 4. The number of furan rings is 1. The van der Waals surface area contributed by atoms with E-state index in [9.17, 15) is 18.0 Å². The van der Waals surface area contributed by atoms with Crippen LogP contribution in [0.15, 0.2) is 70.4 Å². The Kier molecular flexibility index (Phi) is 6.99. The number of anilines is 1. The lowest BCUT2D eigenvalue weighted by molar-refractivity contribution is -0.137. The van der Waals surface area contributed by atoms with Crippen LogP contribution in [0.5, 0.6) is 0 Å². The zero-order chi connectivity index (χ0) is 24.3. The van der Waals surface area contributed by atoms with Crippen LogP contribution in [0.4, 0.5) is 18.9 Å². The summed E-state index contributed by atoms with van der Waals surface area (Å²) in [6.07, 6.45) is -2.99. The van der Waals surface area contributed by atoms with Crippen LogP contribution in [-0.4, -0.2) is 26.4 Å². The van der Waals surface area contributed by atoms with Crippen molar-refractivity contribution in [1.29, 1.82) is 0 Å². The van der Waals surface area contributed by atoms with Gasteiger partial charge in [-0.25, -0.2) is 0 Å². The van der Waals surface area contributed by atoms with Crippen molar-refractivity contribution in [1.82, 2.24) is 14.8 Å². The molecule has 0 atom stereocenters. The van der Waals surface area contributed by atoms with Gasteiger partial charge in [0.05, 0.1) is 34.8 Å². The summed E-state index contributed by atoms with van der Waals surface area (Å²) in [4.78, 5) is 12.5. The average Bonchev–Trinajstić information content (AvgIpc) is 3.44. The molecule has 0 saturated carbocycles. The molecule has 0 fully saturated rings. The van der Waals surface area contributed by atoms with E-state index in [-0.39, 0.29) is 16.5 Å². The van der Waals surface area contributed by atoms with Crippen LogP contribution in [0, 0.1) is 6.92 Å². The quantitative estimate of drug-likeness (QED) is 0.298. The van der Waals surface area contributed by atoms with Gasteiger partial charge < -0.3 is 9.73 Å². The normalized spacial score (nSPS) is 11.6. The van der Waals surface area contributed by atoms with E-state index in [1.54, 1.807) is 12.3 Å². The van der Waals surface area contributed by atoms with Gasteiger partial charge in [-0.3, -0.25) is 9.36 Å². The molecule has 1 N–H and O–H groups in total. The molecule has 2 heterocycles. The van der Waals surface area contributed by atoms with Gasteiger partial charge in [-0.1, -0.05) is 53.2 Å². The van der Waals surface area contributed by atoms with Crippen molar-refractivity contribution in [2.24, 2.45) is 0 Å². The second-order valence-corrected chi connectivity index (χ2v) is 8.72. The Hall–Kier alpha value is -3.24. The topological polar surface area (TPSA) is 73.0 Å². The van der Waals surface area contributed by atoms with Gasteiger partial charge in [0, 0.05) is 5.56 Å². The largest absolute Gasteiger partial charge is 0.467 e. The van der Waals surface area contributed by atoms with Crippen molar-refractivity contribution in [3.05, 3.63) is 82.8 Å². The third-order valence-corrected chi connectivity index (χ3v) is 6.12. The maximum absolute atomic E-state index is 13.0. The van der Waals surface area contributed by atoms with E-state index >= 15 is 0 Å². The first-order valence-electron chi connectivity index (χ1n) is 10.0. The summed E-state index contributed by atoms with van der Waals surface area (Å²) in [5.41, 5.74) is 0.928. The fourth-order valence-electron chi connectivity index (χ4n) is 3.13. The summed E-state index contributed by atoms with van der Waals surface area (Å²) in [7, 11) is 0. The molecule has 176 valence electrons. The highest BCUT2D eigenvalue weighted by Gasteiger charge is 2.31. The number of aryl methyl sites for hydroxylation is 1. The fraction of sp³-hybridized carbons (Fsp3) is 0.174. The number of carbonyl (C=O) groups is 1. The van der Waals surface area contributed by atoms with Crippen LogP contribution in [0.25, 0.3) is 11.4 Å². The Labute approximate surface area is 202 Å². The molecule has 4 aromatic rings. The van der Waals surface area contributed by atoms with E-state index in [1.165, 1.54) is 0 Å². The Bertz CT molecular complexity index is 1290. The summed E-state index contributed by atoms with van der Waals surface area (Å²) < 4.78 is 46.2. The molecular formula is C23H18ClF3N4O2S. The molecule has 11 heteroatoms. The number of nitrogens with one attached hydrogen (secondary N) is 1. The molecule has 0 bridgehead atoms. The Morgan fingerprint density at radius 1 is 1.15 bits per heavy atom. The zero-order valence-electron chi connectivity index (χ0n) is 17.8. The van der Waals surface area contributed by atoms with E-state index in [0.29, 0.717) is 23.3 Å². The van der Waals surface area contributed by atoms with Crippen LogP contribution >= 0.6 is 23.4 Å². The molecule has 0 aliphatic rings. The molecule has 2 aromatic carbocycles. The Morgan fingerprint density at radius 3 is 2.59 bits per heavy atom. The first-order valence-corrected chi connectivity index (χ1v) is 11.4. The standard InChI is InChI=1S/C23H18ClF3N4O2S/c1-14-4-6-15(7-5-14)21-29-30-22(31(21)12-17-3-2-10-33-17)34-13-20(32)28-19-11-16(23(25,26)27)8-9-18(19)24/h2-11H,12-13H2,1H3,(H,28,32). The number of nitrogens with zero attached hydrogens (tertiary/aromatic N) is 3. The molecule has 6 nitrogen and oxygen atoms in total. The first kappa shape index (κ1) is 23.9. The number of rotatable bonds is 7. The molecular weight excluding hydrogens is 489 g/mol. The lowest BCUT2D eigenvalue weighted by atomic mass is 10.1. The summed E-state index contributed by atoms with van der Waals surface area (Å²) in [5.74, 6) is 0.627. The number of benzene rings is 2. The zero-order valence-corrected chi connectivity index (χ0v) is 19.3. The van der Waals surface area contributed by atoms with Crippen LogP contribution in [0.2, 0.25) is 5.02 Å². The number of hydrogen-bond acceptors (Lipinski definition) is 5. The number of amides is 1. The number of alkyl halides is 3. The highest BCUT2D eigenvalue weighted by Crippen LogP contribution is 2.34. The van der Waals surface area contributed by atoms with E-state index in [0.717, 1.165) is 41.1 Å². The molecule has 0 spiro atoms. The minimum absolute atomic E-state index is 0.00833. The van der Waals surface area contributed by atoms with Crippen molar-refractivity contribution in [2.45, 2.75) is 24.8 Å². The fourth-order valence-corrected chi connectivity index (χ4v) is 4.03. The summed E-state index contributed by atoms with van der Waals surface area (Å²) in [6.45, 7) is 2.32. The third-order valence-electron chi connectivity index (χ3n) is 4.82. The highest BCUT2D eigenvalue weighted by atomic mass is 35.5. The number of carbonyl (C=O) groups excluding carboxylic acids is 1. The molecule has 4 rings (SSSR count). The van der Waals surface area contributed by atoms with E-state index < -0.39 is 17.6 Å². The maximum Gasteiger partial charge on any atom is 0.416 e. The monoisotopic (exact) mass is 506 g/mol. The Balaban J connectivity index is 1.52. The van der Waals surface area contributed by atoms with Crippen LogP contribution in [-0.2, 0) is 17.5 Å². The number of thioether (sulfide) groups is 1. The number of aromatic nitrogens is 3. The predicted octanol–water partition coefficient (Wildman–Crippen LogP) is 6.30. The smallest absolute Gasteiger partial charge is 0.416 e. The summed E-state index contributed by atoms with van der Waals surface area (Å²) >= 11 is 7.07. The lowest BCUT2D eigenvalue weighted by Crippen LogP contribution is -2.16. The molecule has 1 amide bonds. The van der Waals surface area contributed by atoms with E-state index in [1.807, 2.05) is 41.8 Å². The van der Waals surface area contributed by atoms with Crippen LogP contribution in [0.3, 0.4) is 0 Å². The predicted molar refractivity (Wildman–Crippen MR) is 124 cm³/mol. The molecule has 0 radical (unpaired) electrons. The number of hydrogen-bond donors (Lipinski definition) is 1. The minimum atomic E-state index is -4.55. The van der Waals surface area contributed by atoms with Gasteiger partial charge in [-0.05, 0) is 37.3 Å². The summed E-state index contributed by atoms with van der Waals surface area (Å²) in [5, 5.41) is 11.4. The SMILES string of the molecule is Cc1ccc(-c2nnc(SCC(=O)Nc3cc(C(F)(F)F)ccc3Cl)n2Cc2ccco2)cc1. The van der Waals surface area contributed by atoms with Gasteiger partial charge in [-0.2, -0.15) is 13.2 Å². The molecule has 0 saturated heterocycles. The third kappa shape index (κ3) is 5.63. The summed E-state index contributed by atoms with van der Waals surface area (Å²) in [6, 6.07) is 14.1. The van der Waals surface area contributed by atoms with Gasteiger partial charge in [-0.15, -0.1) is 10.2 Å². The molecule has 34 heavy (non-hydrogen) atoms. The van der Waals surface area contributed by atoms with Gasteiger partial charge in [0.1, 0.15) is 5.76 Å². The molecule has 0 aliphatic heterocycles. The first-order chi connectivity index (χ1) is 16.2. The van der Waals surface area contributed by atoms with Gasteiger partial charge in [0.25, 0.3) is 0 Å². The van der Waals surface area contributed by atoms with Crippen molar-refractivity contribution in [3.8, 4) is 11.4 Å². The van der Waals surface area contributed by atoms with Crippen molar-refractivity contribution in [3.63, 3.8) is 0 Å².